The monoisotopic (exact) mass is 374 g/mol. The van der Waals surface area contributed by atoms with Crippen molar-refractivity contribution in [1.29, 1.82) is 0 Å². The minimum Gasteiger partial charge on any atom is -0.493 e. The van der Waals surface area contributed by atoms with Gasteiger partial charge in [-0.05, 0) is 36.7 Å². The fourth-order valence-corrected chi connectivity index (χ4v) is 4.18. The zero-order valence-corrected chi connectivity index (χ0v) is 15.5. The Morgan fingerprint density at radius 1 is 1.40 bits per heavy atom. The van der Waals surface area contributed by atoms with Crippen LogP contribution in [-0.4, -0.2) is 27.0 Å². The lowest BCUT2D eigenvalue weighted by molar-refractivity contribution is -0.141. The molecule has 1 aliphatic rings. The van der Waals surface area contributed by atoms with Crippen molar-refractivity contribution in [2.45, 2.75) is 26.3 Å². The zero-order valence-electron chi connectivity index (χ0n) is 13.8. The summed E-state index contributed by atoms with van der Waals surface area (Å²) in [6.45, 7) is 3.88. The molecule has 2 heterocycles. The van der Waals surface area contributed by atoms with Crippen LogP contribution in [-0.2, 0) is 4.79 Å². The number of carbonyl (C=O) groups is 1. The summed E-state index contributed by atoms with van der Waals surface area (Å²) in [5.41, 5.74) is 2.72. The molecule has 25 heavy (non-hydrogen) atoms. The van der Waals surface area contributed by atoms with Gasteiger partial charge in [0, 0.05) is 17.4 Å². The topological polar surface area (TPSA) is 74.8 Å². The van der Waals surface area contributed by atoms with Crippen molar-refractivity contribution in [3.63, 3.8) is 0 Å². The first-order chi connectivity index (χ1) is 11.9. The fraction of sp³-hybridized carbons (Fsp3) is 0.278. The smallest absolute Gasteiger partial charge is 0.326 e. The number of thiazole rings is 1. The number of allylic oxidation sites excluding steroid dienone is 1. The molecule has 7 heteroatoms. The molecule has 0 saturated carbocycles. The number of fused-ring (bicyclic) bond motifs is 1. The van der Waals surface area contributed by atoms with Gasteiger partial charge in [-0.15, -0.1) is 11.3 Å². The molecular weight excluding hydrogens is 356 g/mol. The summed E-state index contributed by atoms with van der Waals surface area (Å²) in [5, 5.41) is 20.1. The van der Waals surface area contributed by atoms with Crippen molar-refractivity contribution in [1.82, 2.24) is 4.57 Å². The van der Waals surface area contributed by atoms with Gasteiger partial charge in [0.25, 0.3) is 0 Å². The highest BCUT2D eigenvalue weighted by atomic mass is 32.1. The molecule has 1 aromatic heterocycles. The average molecular weight is 374 g/mol. The third-order valence-electron chi connectivity index (χ3n) is 3.98. The van der Waals surface area contributed by atoms with E-state index in [2.05, 4.69) is 4.99 Å². The maximum absolute atomic E-state index is 11.6. The number of aliphatic carboxylic acids is 1. The third kappa shape index (κ3) is 3.43. The van der Waals surface area contributed by atoms with Crippen LogP contribution in [0.5, 0.6) is 5.88 Å². The van der Waals surface area contributed by atoms with Crippen LogP contribution < -0.4 is 0 Å². The molecule has 130 valence electrons. The van der Waals surface area contributed by atoms with Gasteiger partial charge in [0.1, 0.15) is 6.04 Å². The Bertz CT molecular complexity index is 938. The van der Waals surface area contributed by atoms with Gasteiger partial charge in [-0.3, -0.25) is 9.56 Å². The number of aromatic nitrogens is 1. The van der Waals surface area contributed by atoms with Crippen molar-refractivity contribution >= 4 is 53.1 Å². The van der Waals surface area contributed by atoms with Crippen LogP contribution in [0.25, 0.3) is 11.6 Å². The quantitative estimate of drug-likeness (QED) is 0.729. The Morgan fingerprint density at radius 2 is 2.12 bits per heavy atom. The number of carboxylic acid groups (broad SMARTS) is 1. The van der Waals surface area contributed by atoms with Gasteiger partial charge in [0.15, 0.2) is 3.95 Å². The van der Waals surface area contributed by atoms with E-state index >= 15 is 0 Å². The number of aromatic hydroxyl groups is 1. The summed E-state index contributed by atoms with van der Waals surface area (Å²) in [6.07, 6.45) is 3.93. The van der Waals surface area contributed by atoms with Crippen LogP contribution >= 0.6 is 23.6 Å². The molecule has 1 atom stereocenters. The summed E-state index contributed by atoms with van der Waals surface area (Å²) < 4.78 is 1.69. The van der Waals surface area contributed by atoms with Crippen molar-refractivity contribution in [2.24, 2.45) is 10.9 Å². The minimum absolute atomic E-state index is 0.103. The predicted octanol–water partition coefficient (Wildman–Crippen LogP) is 4.91. The van der Waals surface area contributed by atoms with Gasteiger partial charge >= 0.3 is 5.97 Å². The lowest BCUT2D eigenvalue weighted by atomic mass is 10.0. The second-order valence-electron chi connectivity index (χ2n) is 6.28. The average Bonchev–Trinajstić information content (AvgIpc) is 3.07. The molecule has 2 N–H and O–H groups in total. The van der Waals surface area contributed by atoms with Crippen LogP contribution in [0.2, 0.25) is 0 Å². The van der Waals surface area contributed by atoms with E-state index < -0.39 is 12.0 Å². The number of hydrogen-bond acceptors (Lipinski definition) is 5. The van der Waals surface area contributed by atoms with Crippen molar-refractivity contribution in [2.75, 3.05) is 0 Å². The van der Waals surface area contributed by atoms with E-state index in [0.29, 0.717) is 15.3 Å². The summed E-state index contributed by atoms with van der Waals surface area (Å²) in [7, 11) is 0. The van der Waals surface area contributed by atoms with Crippen LogP contribution in [0, 0.1) is 9.87 Å². The lowest BCUT2D eigenvalue weighted by Crippen LogP contribution is -2.20. The Kier molecular flexibility index (Phi) is 4.87. The largest absolute Gasteiger partial charge is 0.493 e. The van der Waals surface area contributed by atoms with E-state index in [-0.39, 0.29) is 11.8 Å². The molecule has 0 aliphatic carbocycles. The predicted molar refractivity (Wildman–Crippen MR) is 103 cm³/mol. The SMILES string of the molecule is CC(C)C[C@H](C(=O)O)n1c(O)c(C=C2C=Nc3ccccc32)sc1=S. The number of benzene rings is 1. The molecule has 1 aromatic carbocycles. The molecule has 0 radical (unpaired) electrons. The second-order valence-corrected chi connectivity index (χ2v) is 7.96. The first-order valence-corrected chi connectivity index (χ1v) is 9.13. The summed E-state index contributed by atoms with van der Waals surface area (Å²) in [5.74, 6) is -0.934. The van der Waals surface area contributed by atoms with E-state index in [1.807, 2.05) is 38.1 Å². The number of aliphatic imine (C=N–C) groups is 1. The molecule has 0 amide bonds. The summed E-state index contributed by atoms with van der Waals surface area (Å²) >= 11 is 6.52. The molecule has 0 unspecified atom stereocenters. The molecule has 0 bridgehead atoms. The molecule has 0 saturated heterocycles. The zero-order chi connectivity index (χ0) is 18.1. The van der Waals surface area contributed by atoms with E-state index in [1.165, 1.54) is 15.9 Å². The van der Waals surface area contributed by atoms with Gasteiger partial charge in [-0.1, -0.05) is 32.0 Å². The molecule has 0 fully saturated rings. The van der Waals surface area contributed by atoms with Crippen LogP contribution in [0.1, 0.15) is 36.8 Å². The van der Waals surface area contributed by atoms with Gasteiger partial charge in [-0.2, -0.15) is 0 Å². The number of nitrogens with zero attached hydrogens (tertiary/aromatic N) is 2. The summed E-state index contributed by atoms with van der Waals surface area (Å²) in [4.78, 5) is 16.5. The Hall–Kier alpha value is -2.25. The van der Waals surface area contributed by atoms with Crippen LogP contribution in [0.4, 0.5) is 5.69 Å². The maximum atomic E-state index is 11.6. The van der Waals surface area contributed by atoms with E-state index in [4.69, 9.17) is 12.2 Å². The van der Waals surface area contributed by atoms with Gasteiger partial charge < -0.3 is 10.2 Å². The number of carboxylic acids is 1. The highest BCUT2D eigenvalue weighted by molar-refractivity contribution is 7.73. The fourth-order valence-electron chi connectivity index (χ4n) is 2.82. The molecular formula is C18H18N2O3S2. The van der Waals surface area contributed by atoms with E-state index in [9.17, 15) is 15.0 Å². The highest BCUT2D eigenvalue weighted by Gasteiger charge is 2.26. The van der Waals surface area contributed by atoms with Gasteiger partial charge in [-0.25, -0.2) is 4.79 Å². The van der Waals surface area contributed by atoms with Gasteiger partial charge in [0.05, 0.1) is 10.6 Å². The maximum Gasteiger partial charge on any atom is 0.326 e. The van der Waals surface area contributed by atoms with Crippen LogP contribution in [0.15, 0.2) is 29.3 Å². The molecule has 5 nitrogen and oxygen atoms in total. The first kappa shape index (κ1) is 17.6. The number of rotatable bonds is 5. The third-order valence-corrected chi connectivity index (χ3v) is 5.32. The lowest BCUT2D eigenvalue weighted by Gasteiger charge is -2.17. The molecule has 1 aliphatic heterocycles. The van der Waals surface area contributed by atoms with Crippen LogP contribution in [0.3, 0.4) is 0 Å². The minimum atomic E-state index is -0.995. The molecule has 2 aromatic rings. The Labute approximate surface area is 154 Å². The Morgan fingerprint density at radius 3 is 2.80 bits per heavy atom. The standard InChI is InChI=1S/C18H18N2O3S2/c1-10(2)7-14(17(22)23)20-16(21)15(25-18(20)24)8-11-9-19-13-6-4-3-5-12(11)13/h3-6,8-10,14,21H,7H2,1-2H3,(H,22,23)/t14-/m1/s1. The van der Waals surface area contributed by atoms with Crippen molar-refractivity contribution < 1.29 is 15.0 Å². The number of hydrogen-bond donors (Lipinski definition) is 2. The van der Waals surface area contributed by atoms with Gasteiger partial charge in [0.2, 0.25) is 5.88 Å². The normalized spacial score (nSPS) is 15.7. The second kappa shape index (κ2) is 6.93. The van der Waals surface area contributed by atoms with Crippen molar-refractivity contribution in [3.8, 4) is 5.88 Å². The highest BCUT2D eigenvalue weighted by Crippen LogP contribution is 2.37. The first-order valence-electron chi connectivity index (χ1n) is 7.90. The Balaban J connectivity index is 2.04. The molecule has 3 rings (SSSR count). The van der Waals surface area contributed by atoms with E-state index in [1.54, 1.807) is 12.3 Å². The molecule has 0 spiro atoms. The number of para-hydroxylation sites is 1. The summed E-state index contributed by atoms with van der Waals surface area (Å²) in [6, 6.07) is 6.85. The van der Waals surface area contributed by atoms with E-state index in [0.717, 1.165) is 16.8 Å². The van der Waals surface area contributed by atoms with Crippen molar-refractivity contribution in [3.05, 3.63) is 38.7 Å².